The number of hydrogen-bond donors (Lipinski definition) is 1. The SMILES string of the molecule is O=c1sc2cc(S(=O)(=O)Nc3ccc(OC4CCCC4)cc3)ccc2n1Cc1ccccc1. The van der Waals surface area contributed by atoms with E-state index in [2.05, 4.69) is 4.72 Å². The lowest BCUT2D eigenvalue weighted by molar-refractivity contribution is 0.210. The minimum absolute atomic E-state index is 0.116. The van der Waals surface area contributed by atoms with Crippen LogP contribution in [-0.2, 0) is 16.6 Å². The average molecular weight is 481 g/mol. The Kier molecular flexibility index (Phi) is 5.95. The molecule has 0 aliphatic heterocycles. The van der Waals surface area contributed by atoms with Gasteiger partial charge in [0.15, 0.2) is 0 Å². The molecule has 0 bridgehead atoms. The first-order valence-electron chi connectivity index (χ1n) is 10.9. The normalized spacial score (nSPS) is 14.5. The Bertz CT molecular complexity index is 1420. The summed E-state index contributed by atoms with van der Waals surface area (Å²) < 4.78 is 36.8. The third-order valence-corrected chi connectivity index (χ3v) is 8.17. The van der Waals surface area contributed by atoms with Crippen molar-refractivity contribution >= 4 is 37.3 Å². The van der Waals surface area contributed by atoms with Gasteiger partial charge in [-0.3, -0.25) is 14.1 Å². The van der Waals surface area contributed by atoms with E-state index in [0.717, 1.165) is 41.0 Å². The van der Waals surface area contributed by atoms with Crippen molar-refractivity contribution in [2.24, 2.45) is 0 Å². The molecule has 0 spiro atoms. The number of fused-ring (bicyclic) bond motifs is 1. The molecule has 4 aromatic rings. The first-order valence-corrected chi connectivity index (χ1v) is 13.2. The molecule has 1 fully saturated rings. The van der Waals surface area contributed by atoms with Crippen LogP contribution in [-0.4, -0.2) is 19.1 Å². The Balaban J connectivity index is 1.35. The second-order valence-electron chi connectivity index (χ2n) is 8.22. The van der Waals surface area contributed by atoms with Gasteiger partial charge in [0.2, 0.25) is 0 Å². The molecule has 1 N–H and O–H groups in total. The highest BCUT2D eigenvalue weighted by molar-refractivity contribution is 7.92. The summed E-state index contributed by atoms with van der Waals surface area (Å²) in [6, 6.07) is 21.5. The van der Waals surface area contributed by atoms with Crippen molar-refractivity contribution in [2.75, 3.05) is 4.72 Å². The van der Waals surface area contributed by atoms with Gasteiger partial charge in [0.1, 0.15) is 5.75 Å². The number of benzene rings is 3. The van der Waals surface area contributed by atoms with E-state index in [9.17, 15) is 13.2 Å². The van der Waals surface area contributed by atoms with Crippen LogP contribution in [0.2, 0.25) is 0 Å². The van der Waals surface area contributed by atoms with E-state index in [-0.39, 0.29) is 15.9 Å². The maximum Gasteiger partial charge on any atom is 0.308 e. The zero-order valence-corrected chi connectivity index (χ0v) is 19.6. The summed E-state index contributed by atoms with van der Waals surface area (Å²) in [4.78, 5) is 12.6. The molecule has 0 saturated heterocycles. The van der Waals surface area contributed by atoms with Crippen LogP contribution in [0.5, 0.6) is 5.75 Å². The molecule has 1 saturated carbocycles. The third kappa shape index (κ3) is 4.82. The fourth-order valence-corrected chi connectivity index (χ4v) is 6.23. The molecule has 0 atom stereocenters. The lowest BCUT2D eigenvalue weighted by atomic mass is 10.2. The van der Waals surface area contributed by atoms with Gasteiger partial charge in [0, 0.05) is 5.69 Å². The van der Waals surface area contributed by atoms with Crippen molar-refractivity contribution in [3.8, 4) is 5.75 Å². The zero-order valence-electron chi connectivity index (χ0n) is 17.9. The standard InChI is InChI=1S/C25H24N2O4S2/c28-25-27(17-18-6-2-1-3-7-18)23-15-14-22(16-24(23)32-25)33(29,30)26-19-10-12-21(13-11-19)31-20-8-4-5-9-20/h1-3,6-7,10-16,20,26H,4-5,8-9,17H2. The maximum absolute atomic E-state index is 13.0. The predicted molar refractivity (Wildman–Crippen MR) is 132 cm³/mol. The summed E-state index contributed by atoms with van der Waals surface area (Å²) in [7, 11) is -3.80. The number of sulfonamides is 1. The van der Waals surface area contributed by atoms with Crippen LogP contribution < -0.4 is 14.3 Å². The van der Waals surface area contributed by atoms with Crippen molar-refractivity contribution in [3.05, 3.63) is 88.0 Å². The van der Waals surface area contributed by atoms with E-state index < -0.39 is 10.0 Å². The molecule has 1 heterocycles. The highest BCUT2D eigenvalue weighted by Gasteiger charge is 2.19. The van der Waals surface area contributed by atoms with Crippen LogP contribution in [0.15, 0.2) is 82.5 Å². The summed E-state index contributed by atoms with van der Waals surface area (Å²) >= 11 is 1.05. The van der Waals surface area contributed by atoms with Crippen LogP contribution in [0.25, 0.3) is 10.2 Å². The summed E-state index contributed by atoms with van der Waals surface area (Å²) in [5.74, 6) is 0.746. The number of rotatable bonds is 7. The van der Waals surface area contributed by atoms with E-state index in [1.165, 1.54) is 18.9 Å². The molecule has 8 heteroatoms. The van der Waals surface area contributed by atoms with Gasteiger partial charge >= 0.3 is 4.87 Å². The summed E-state index contributed by atoms with van der Waals surface area (Å²) in [6.07, 6.45) is 4.76. The Morgan fingerprint density at radius 1 is 0.970 bits per heavy atom. The lowest BCUT2D eigenvalue weighted by Crippen LogP contribution is -2.14. The number of nitrogens with one attached hydrogen (secondary N) is 1. The maximum atomic E-state index is 13.0. The van der Waals surface area contributed by atoms with Crippen LogP contribution >= 0.6 is 11.3 Å². The first kappa shape index (κ1) is 21.7. The molecular weight excluding hydrogens is 456 g/mol. The zero-order chi connectivity index (χ0) is 22.8. The molecule has 3 aromatic carbocycles. The Morgan fingerprint density at radius 2 is 1.70 bits per heavy atom. The van der Waals surface area contributed by atoms with Crippen LogP contribution in [0.3, 0.4) is 0 Å². The molecule has 1 aromatic heterocycles. The molecule has 0 unspecified atom stereocenters. The number of hydrogen-bond acceptors (Lipinski definition) is 5. The van der Waals surface area contributed by atoms with Gasteiger partial charge in [-0.15, -0.1) is 0 Å². The van der Waals surface area contributed by atoms with Crippen LogP contribution in [0, 0.1) is 0 Å². The van der Waals surface area contributed by atoms with Crippen molar-refractivity contribution in [1.29, 1.82) is 0 Å². The van der Waals surface area contributed by atoms with E-state index in [4.69, 9.17) is 4.74 Å². The molecular formula is C25H24N2O4S2. The molecule has 1 aliphatic rings. The predicted octanol–water partition coefficient (Wildman–Crippen LogP) is 5.23. The smallest absolute Gasteiger partial charge is 0.308 e. The third-order valence-electron chi connectivity index (χ3n) is 5.85. The van der Waals surface area contributed by atoms with Crippen LogP contribution in [0.1, 0.15) is 31.2 Å². The molecule has 170 valence electrons. The molecule has 1 aliphatic carbocycles. The Labute approximate surface area is 196 Å². The summed E-state index contributed by atoms with van der Waals surface area (Å²) in [5.41, 5.74) is 2.20. The monoisotopic (exact) mass is 480 g/mol. The fourth-order valence-electron chi connectivity index (χ4n) is 4.14. The quantitative estimate of drug-likeness (QED) is 0.393. The van der Waals surface area contributed by atoms with Gasteiger partial charge in [-0.25, -0.2) is 8.42 Å². The Morgan fingerprint density at radius 3 is 2.42 bits per heavy atom. The molecule has 5 rings (SSSR count). The van der Waals surface area contributed by atoms with Gasteiger partial charge < -0.3 is 4.74 Å². The van der Waals surface area contributed by atoms with Gasteiger partial charge in [0.05, 0.1) is 27.8 Å². The van der Waals surface area contributed by atoms with Gasteiger partial charge in [-0.2, -0.15) is 0 Å². The highest BCUT2D eigenvalue weighted by atomic mass is 32.2. The minimum atomic E-state index is -3.80. The molecule has 0 amide bonds. The average Bonchev–Trinajstić information content (AvgIpc) is 3.43. The largest absolute Gasteiger partial charge is 0.490 e. The lowest BCUT2D eigenvalue weighted by Gasteiger charge is -2.14. The fraction of sp³-hybridized carbons (Fsp3) is 0.240. The van der Waals surface area contributed by atoms with Crippen molar-refractivity contribution in [3.63, 3.8) is 0 Å². The topological polar surface area (TPSA) is 77.4 Å². The number of anilines is 1. The van der Waals surface area contributed by atoms with Gasteiger partial charge in [-0.1, -0.05) is 41.7 Å². The molecule has 0 radical (unpaired) electrons. The number of ether oxygens (including phenoxy) is 1. The van der Waals surface area contributed by atoms with Crippen LogP contribution in [0.4, 0.5) is 5.69 Å². The van der Waals surface area contributed by atoms with E-state index in [1.807, 2.05) is 30.3 Å². The minimum Gasteiger partial charge on any atom is -0.490 e. The van der Waals surface area contributed by atoms with Crippen molar-refractivity contribution in [1.82, 2.24) is 4.57 Å². The number of aromatic nitrogens is 1. The van der Waals surface area contributed by atoms with Crippen molar-refractivity contribution in [2.45, 2.75) is 43.2 Å². The molecule has 6 nitrogen and oxygen atoms in total. The first-order chi connectivity index (χ1) is 16.0. The number of thiazole rings is 1. The number of nitrogens with zero attached hydrogens (tertiary/aromatic N) is 1. The van der Waals surface area contributed by atoms with Crippen molar-refractivity contribution < 1.29 is 13.2 Å². The highest BCUT2D eigenvalue weighted by Crippen LogP contribution is 2.27. The second-order valence-corrected chi connectivity index (χ2v) is 10.9. The summed E-state index contributed by atoms with van der Waals surface area (Å²) in [5, 5.41) is 0. The van der Waals surface area contributed by atoms with E-state index in [1.54, 1.807) is 41.0 Å². The van der Waals surface area contributed by atoms with E-state index in [0.29, 0.717) is 16.9 Å². The van der Waals surface area contributed by atoms with Gasteiger partial charge in [0.25, 0.3) is 10.0 Å². The molecule has 33 heavy (non-hydrogen) atoms. The Hall–Kier alpha value is -3.10. The van der Waals surface area contributed by atoms with E-state index >= 15 is 0 Å². The van der Waals surface area contributed by atoms with Gasteiger partial charge in [-0.05, 0) is 73.7 Å². The summed E-state index contributed by atoms with van der Waals surface area (Å²) in [6.45, 7) is 0.444. The second kappa shape index (κ2) is 9.03.